The maximum absolute atomic E-state index is 8.20. The predicted molar refractivity (Wildman–Crippen MR) is 111 cm³/mol. The summed E-state index contributed by atoms with van der Waals surface area (Å²) in [6.45, 7) is 4.57. The Morgan fingerprint density at radius 1 is 1.19 bits per heavy atom. The summed E-state index contributed by atoms with van der Waals surface area (Å²) in [5, 5.41) is 11.5. The van der Waals surface area contributed by atoms with Crippen LogP contribution >= 0.6 is 27.5 Å². The number of rotatable bonds is 4. The van der Waals surface area contributed by atoms with Crippen molar-refractivity contribution in [2.24, 2.45) is 4.99 Å². The van der Waals surface area contributed by atoms with Crippen molar-refractivity contribution in [2.45, 2.75) is 13.8 Å². The van der Waals surface area contributed by atoms with E-state index in [0.717, 1.165) is 26.5 Å². The summed E-state index contributed by atoms with van der Waals surface area (Å²) in [5.74, 6) is 1.41. The number of benzene rings is 2. The van der Waals surface area contributed by atoms with Gasteiger partial charge in [0.15, 0.2) is 0 Å². The minimum absolute atomic E-state index is 0.391. The minimum Gasteiger partial charge on any atom is -0.494 e. The van der Waals surface area contributed by atoms with Crippen LogP contribution in [0.25, 0.3) is 0 Å². The molecule has 3 rings (SSSR count). The highest BCUT2D eigenvalue weighted by molar-refractivity contribution is 9.10. The molecule has 0 radical (unpaired) electrons. The molecule has 0 atom stereocenters. The molecule has 0 aliphatic carbocycles. The topological polar surface area (TPSA) is 62.4 Å². The highest BCUT2D eigenvalue weighted by Crippen LogP contribution is 2.20. The molecular weight excluding hydrogens is 412 g/mol. The van der Waals surface area contributed by atoms with Gasteiger partial charge in [0.25, 0.3) is 0 Å². The van der Waals surface area contributed by atoms with Crippen LogP contribution in [-0.2, 0) is 0 Å². The second-order valence-corrected chi connectivity index (χ2v) is 7.63. The van der Waals surface area contributed by atoms with Gasteiger partial charge in [-0.05, 0) is 68.4 Å². The van der Waals surface area contributed by atoms with E-state index in [-0.39, 0.29) is 0 Å². The number of nitrogens with one attached hydrogen (secondary N) is 2. The van der Waals surface area contributed by atoms with Gasteiger partial charge in [0.2, 0.25) is 5.96 Å². The van der Waals surface area contributed by atoms with E-state index in [1.807, 2.05) is 68.4 Å². The number of halogens is 1. The normalized spacial score (nSPS) is 11.4. The van der Waals surface area contributed by atoms with Crippen LogP contribution in [0.1, 0.15) is 11.8 Å². The van der Waals surface area contributed by atoms with Crippen LogP contribution in [0.2, 0.25) is 0 Å². The molecule has 0 bridgehead atoms. The third-order valence-electron chi connectivity index (χ3n) is 3.47. The second kappa shape index (κ2) is 8.33. The van der Waals surface area contributed by atoms with Crippen molar-refractivity contribution in [2.75, 3.05) is 11.9 Å². The van der Waals surface area contributed by atoms with E-state index in [2.05, 4.69) is 21.2 Å². The maximum Gasteiger partial charge on any atom is 0.223 e. The second-order valence-electron chi connectivity index (χ2n) is 5.52. The average Bonchev–Trinajstić information content (AvgIpc) is 2.96. The molecule has 2 aromatic carbocycles. The molecule has 1 aromatic heterocycles. The van der Waals surface area contributed by atoms with Gasteiger partial charge in [-0.15, -0.1) is 0 Å². The molecule has 5 nitrogen and oxygen atoms in total. The standard InChI is InChI=1S/C19H19BrN4OS/c1-3-25-17-10-8-16(9-11-17)23-19(24-18(21)12-13(2)26-24)22-15-6-4-14(20)5-7-15/h4-12,21H,3H2,1-2H3,(H,22,23). The van der Waals surface area contributed by atoms with E-state index >= 15 is 0 Å². The Morgan fingerprint density at radius 3 is 2.46 bits per heavy atom. The van der Waals surface area contributed by atoms with Crippen LogP contribution in [-0.4, -0.2) is 16.5 Å². The molecule has 1 heterocycles. The Hall–Kier alpha value is -2.38. The van der Waals surface area contributed by atoms with Crippen molar-refractivity contribution in [1.82, 2.24) is 3.96 Å². The molecule has 0 spiro atoms. The van der Waals surface area contributed by atoms with Gasteiger partial charge >= 0.3 is 0 Å². The molecule has 7 heteroatoms. The molecule has 0 saturated carbocycles. The third kappa shape index (κ3) is 4.62. The quantitative estimate of drug-likeness (QED) is 0.444. The van der Waals surface area contributed by atoms with Crippen molar-refractivity contribution in [3.05, 3.63) is 69.4 Å². The van der Waals surface area contributed by atoms with Gasteiger partial charge < -0.3 is 10.1 Å². The van der Waals surface area contributed by atoms with Crippen molar-refractivity contribution >= 4 is 44.8 Å². The zero-order valence-electron chi connectivity index (χ0n) is 14.5. The number of ether oxygens (including phenoxy) is 1. The molecule has 3 aromatic rings. The molecule has 0 unspecified atom stereocenters. The lowest BCUT2D eigenvalue weighted by molar-refractivity contribution is 0.340. The van der Waals surface area contributed by atoms with Crippen LogP contribution in [0, 0.1) is 12.3 Å². The summed E-state index contributed by atoms with van der Waals surface area (Å²) in [4.78, 5) is 5.75. The maximum atomic E-state index is 8.20. The first kappa shape index (κ1) is 18.4. The summed E-state index contributed by atoms with van der Waals surface area (Å²) in [7, 11) is 0. The molecule has 134 valence electrons. The summed E-state index contributed by atoms with van der Waals surface area (Å²) < 4.78 is 8.25. The van der Waals surface area contributed by atoms with Gasteiger partial charge in [0, 0.05) is 15.0 Å². The number of nitrogens with zero attached hydrogens (tertiary/aromatic N) is 2. The molecule has 26 heavy (non-hydrogen) atoms. The number of aromatic nitrogens is 1. The largest absolute Gasteiger partial charge is 0.494 e. The summed E-state index contributed by atoms with van der Waals surface area (Å²) >= 11 is 4.91. The van der Waals surface area contributed by atoms with Crippen LogP contribution in [0.3, 0.4) is 0 Å². The Labute approximate surface area is 164 Å². The number of hydrogen-bond acceptors (Lipinski definition) is 4. The fraction of sp³-hybridized carbons (Fsp3) is 0.158. The molecular formula is C19H19BrN4OS. The van der Waals surface area contributed by atoms with Crippen LogP contribution < -0.4 is 15.5 Å². The van der Waals surface area contributed by atoms with Gasteiger partial charge in [-0.3, -0.25) is 5.41 Å². The van der Waals surface area contributed by atoms with Gasteiger partial charge in [-0.1, -0.05) is 27.5 Å². The summed E-state index contributed by atoms with van der Waals surface area (Å²) in [6, 6.07) is 17.3. The predicted octanol–water partition coefficient (Wildman–Crippen LogP) is 5.15. The third-order valence-corrected chi connectivity index (χ3v) is 4.96. The van der Waals surface area contributed by atoms with Crippen molar-refractivity contribution in [3.8, 4) is 5.75 Å². The Kier molecular flexibility index (Phi) is 5.90. The molecule has 2 N–H and O–H groups in total. The molecule has 0 amide bonds. The zero-order chi connectivity index (χ0) is 18.5. The van der Waals surface area contributed by atoms with Gasteiger partial charge in [0.05, 0.1) is 12.3 Å². The lowest BCUT2D eigenvalue weighted by Crippen LogP contribution is -2.28. The highest BCUT2D eigenvalue weighted by atomic mass is 79.9. The van der Waals surface area contributed by atoms with E-state index in [4.69, 9.17) is 15.1 Å². The van der Waals surface area contributed by atoms with E-state index < -0.39 is 0 Å². The SMILES string of the molecule is CCOc1ccc(NC(=Nc2ccc(Br)cc2)n2sc(C)cc2=N)cc1. The molecule has 0 saturated heterocycles. The first-order valence-electron chi connectivity index (χ1n) is 8.14. The van der Waals surface area contributed by atoms with Gasteiger partial charge in [0.1, 0.15) is 11.2 Å². The van der Waals surface area contributed by atoms with Crippen molar-refractivity contribution in [1.29, 1.82) is 5.41 Å². The van der Waals surface area contributed by atoms with Crippen molar-refractivity contribution in [3.63, 3.8) is 0 Å². The lowest BCUT2D eigenvalue weighted by Gasteiger charge is -2.11. The number of hydrogen-bond donors (Lipinski definition) is 2. The Morgan fingerprint density at radius 2 is 1.88 bits per heavy atom. The number of aliphatic imine (C=N–C) groups is 1. The lowest BCUT2D eigenvalue weighted by atomic mass is 10.3. The minimum atomic E-state index is 0.391. The fourth-order valence-electron chi connectivity index (χ4n) is 2.32. The van der Waals surface area contributed by atoms with Crippen molar-refractivity contribution < 1.29 is 4.74 Å². The summed E-state index contributed by atoms with van der Waals surface area (Å²) in [6.07, 6.45) is 0. The van der Waals surface area contributed by atoms with Crippen LogP contribution in [0.15, 0.2) is 64.1 Å². The van der Waals surface area contributed by atoms with Gasteiger partial charge in [-0.2, -0.15) is 0 Å². The average molecular weight is 431 g/mol. The van der Waals surface area contributed by atoms with E-state index in [0.29, 0.717) is 18.1 Å². The first-order chi connectivity index (χ1) is 12.5. The molecule has 0 aliphatic rings. The Balaban J connectivity index is 1.96. The smallest absolute Gasteiger partial charge is 0.223 e. The molecule has 0 aliphatic heterocycles. The van der Waals surface area contributed by atoms with Gasteiger partial charge in [-0.25, -0.2) is 8.95 Å². The number of aryl methyl sites for hydroxylation is 1. The Bertz CT molecular complexity index is 958. The highest BCUT2D eigenvalue weighted by Gasteiger charge is 2.08. The monoisotopic (exact) mass is 430 g/mol. The number of anilines is 1. The molecule has 0 fully saturated rings. The van der Waals surface area contributed by atoms with E-state index in [9.17, 15) is 0 Å². The zero-order valence-corrected chi connectivity index (χ0v) is 16.9. The first-order valence-corrected chi connectivity index (χ1v) is 9.71. The van der Waals surface area contributed by atoms with E-state index in [1.54, 1.807) is 3.96 Å². The van der Waals surface area contributed by atoms with Crippen LogP contribution in [0.5, 0.6) is 5.75 Å². The van der Waals surface area contributed by atoms with Crippen LogP contribution in [0.4, 0.5) is 11.4 Å². The summed E-state index contributed by atoms with van der Waals surface area (Å²) in [5.41, 5.74) is 2.07. The van der Waals surface area contributed by atoms with E-state index in [1.165, 1.54) is 11.5 Å². The fourth-order valence-corrected chi connectivity index (χ4v) is 3.36.